The van der Waals surface area contributed by atoms with Gasteiger partial charge < -0.3 is 5.32 Å². The summed E-state index contributed by atoms with van der Waals surface area (Å²) >= 11 is 3.39. The summed E-state index contributed by atoms with van der Waals surface area (Å²) in [4.78, 5) is 5.74. The van der Waals surface area contributed by atoms with E-state index < -0.39 is 0 Å². The Morgan fingerprint density at radius 2 is 1.84 bits per heavy atom. The Hall–Kier alpha value is -1.01. The van der Waals surface area contributed by atoms with Crippen molar-refractivity contribution in [2.75, 3.05) is 5.32 Å². The van der Waals surface area contributed by atoms with Crippen LogP contribution >= 0.6 is 22.7 Å². The zero-order valence-corrected chi connectivity index (χ0v) is 13.7. The molecule has 2 heterocycles. The number of hydrogen-bond acceptors (Lipinski definition) is 6. The number of anilines is 1. The minimum atomic E-state index is 0.228. The molecule has 0 saturated carbocycles. The molecule has 4 nitrogen and oxygen atoms in total. The minimum absolute atomic E-state index is 0.228. The predicted octanol–water partition coefficient (Wildman–Crippen LogP) is 3.98. The second kappa shape index (κ2) is 5.96. The van der Waals surface area contributed by atoms with Crippen LogP contribution in [0.1, 0.15) is 47.4 Å². The van der Waals surface area contributed by atoms with Crippen LogP contribution in [0.3, 0.4) is 0 Å². The summed E-state index contributed by atoms with van der Waals surface area (Å²) in [6, 6.07) is 0.228. The van der Waals surface area contributed by atoms with Crippen LogP contribution in [0.15, 0.2) is 0 Å². The molecule has 6 heteroatoms. The van der Waals surface area contributed by atoms with E-state index in [1.54, 1.807) is 22.7 Å². The van der Waals surface area contributed by atoms with Gasteiger partial charge in [-0.3, -0.25) is 0 Å². The van der Waals surface area contributed by atoms with Gasteiger partial charge in [-0.25, -0.2) is 4.98 Å². The lowest BCUT2D eigenvalue weighted by molar-refractivity contribution is 0.640. The van der Waals surface area contributed by atoms with E-state index in [0.29, 0.717) is 5.92 Å². The minimum Gasteiger partial charge on any atom is -0.353 e. The maximum absolute atomic E-state index is 4.46. The van der Waals surface area contributed by atoms with E-state index in [1.807, 2.05) is 6.92 Å². The molecule has 19 heavy (non-hydrogen) atoms. The van der Waals surface area contributed by atoms with Gasteiger partial charge in [-0.05, 0) is 26.7 Å². The Labute approximate surface area is 122 Å². The molecule has 1 unspecified atom stereocenters. The van der Waals surface area contributed by atoms with Crippen LogP contribution in [-0.2, 0) is 6.42 Å². The third kappa shape index (κ3) is 3.73. The first-order valence-electron chi connectivity index (χ1n) is 6.48. The van der Waals surface area contributed by atoms with Gasteiger partial charge in [0.2, 0.25) is 5.13 Å². The SMILES string of the molecule is Cc1nc(C)c(C(C)Nc2nnc(CC(C)C)s2)s1. The van der Waals surface area contributed by atoms with Crippen molar-refractivity contribution in [1.82, 2.24) is 15.2 Å². The molecule has 104 valence electrons. The molecule has 2 rings (SSSR count). The van der Waals surface area contributed by atoms with Crippen LogP contribution in [-0.4, -0.2) is 15.2 Å². The largest absolute Gasteiger partial charge is 0.353 e. The van der Waals surface area contributed by atoms with Gasteiger partial charge >= 0.3 is 0 Å². The molecule has 1 N–H and O–H groups in total. The fourth-order valence-corrected chi connectivity index (χ4v) is 3.91. The van der Waals surface area contributed by atoms with Gasteiger partial charge in [-0.2, -0.15) is 0 Å². The Morgan fingerprint density at radius 3 is 2.42 bits per heavy atom. The number of aryl methyl sites for hydroxylation is 2. The molecule has 2 aromatic rings. The van der Waals surface area contributed by atoms with Crippen LogP contribution < -0.4 is 5.32 Å². The smallest absolute Gasteiger partial charge is 0.206 e. The van der Waals surface area contributed by atoms with Crippen LogP contribution in [0.2, 0.25) is 0 Å². The first-order chi connectivity index (χ1) is 8.95. The van der Waals surface area contributed by atoms with Crippen molar-refractivity contribution in [3.05, 3.63) is 20.6 Å². The standard InChI is InChI=1S/C13H20N4S2/c1-7(2)6-11-16-17-13(19-11)15-9(4)12-8(3)14-10(5)18-12/h7,9H,6H2,1-5H3,(H,15,17). The van der Waals surface area contributed by atoms with E-state index in [-0.39, 0.29) is 6.04 Å². The summed E-state index contributed by atoms with van der Waals surface area (Å²) in [5.41, 5.74) is 1.11. The maximum Gasteiger partial charge on any atom is 0.206 e. The molecule has 0 aromatic carbocycles. The molecule has 1 atom stereocenters. The molecule has 0 spiro atoms. The summed E-state index contributed by atoms with van der Waals surface area (Å²) in [6.45, 7) is 10.6. The number of nitrogens with one attached hydrogen (secondary N) is 1. The Balaban J connectivity index is 2.04. The highest BCUT2D eigenvalue weighted by atomic mass is 32.1. The van der Waals surface area contributed by atoms with Gasteiger partial charge in [-0.1, -0.05) is 25.2 Å². The van der Waals surface area contributed by atoms with Crippen molar-refractivity contribution in [1.29, 1.82) is 0 Å². The van der Waals surface area contributed by atoms with E-state index in [2.05, 4.69) is 48.2 Å². The van der Waals surface area contributed by atoms with Crippen molar-refractivity contribution in [2.45, 2.75) is 47.1 Å². The van der Waals surface area contributed by atoms with Gasteiger partial charge in [0.1, 0.15) is 5.01 Å². The van der Waals surface area contributed by atoms with E-state index >= 15 is 0 Å². The molecular formula is C13H20N4S2. The molecule has 0 aliphatic heterocycles. The molecule has 2 aromatic heterocycles. The molecule has 0 radical (unpaired) electrons. The van der Waals surface area contributed by atoms with Crippen LogP contribution in [0, 0.1) is 19.8 Å². The van der Waals surface area contributed by atoms with Gasteiger partial charge in [-0.15, -0.1) is 21.5 Å². The highest BCUT2D eigenvalue weighted by Crippen LogP contribution is 2.28. The zero-order valence-electron chi connectivity index (χ0n) is 12.0. The van der Waals surface area contributed by atoms with Crippen LogP contribution in [0.4, 0.5) is 5.13 Å². The van der Waals surface area contributed by atoms with Crippen molar-refractivity contribution < 1.29 is 0 Å². The number of thiazole rings is 1. The molecule has 0 bridgehead atoms. The van der Waals surface area contributed by atoms with Gasteiger partial charge in [0, 0.05) is 11.3 Å². The number of rotatable bonds is 5. The van der Waals surface area contributed by atoms with Gasteiger partial charge in [0.15, 0.2) is 0 Å². The second-order valence-electron chi connectivity index (χ2n) is 5.15. The van der Waals surface area contributed by atoms with Crippen molar-refractivity contribution in [3.8, 4) is 0 Å². The summed E-state index contributed by atoms with van der Waals surface area (Å²) in [7, 11) is 0. The average molecular weight is 296 g/mol. The van der Waals surface area contributed by atoms with Crippen LogP contribution in [0.25, 0.3) is 0 Å². The first-order valence-corrected chi connectivity index (χ1v) is 8.12. The lowest BCUT2D eigenvalue weighted by atomic mass is 10.1. The van der Waals surface area contributed by atoms with Crippen LogP contribution in [0.5, 0.6) is 0 Å². The predicted molar refractivity (Wildman–Crippen MR) is 82.1 cm³/mol. The lowest BCUT2D eigenvalue weighted by Gasteiger charge is -2.10. The monoisotopic (exact) mass is 296 g/mol. The fourth-order valence-electron chi connectivity index (χ4n) is 1.94. The highest BCUT2D eigenvalue weighted by Gasteiger charge is 2.15. The average Bonchev–Trinajstić information content (AvgIpc) is 2.84. The zero-order chi connectivity index (χ0) is 14.0. The first kappa shape index (κ1) is 14.4. The third-order valence-corrected chi connectivity index (χ3v) is 4.85. The van der Waals surface area contributed by atoms with E-state index in [4.69, 9.17) is 0 Å². The fraction of sp³-hybridized carbons (Fsp3) is 0.615. The van der Waals surface area contributed by atoms with Crippen molar-refractivity contribution in [2.24, 2.45) is 5.92 Å². The maximum atomic E-state index is 4.46. The summed E-state index contributed by atoms with van der Waals surface area (Å²) < 4.78 is 0. The molecule has 0 aliphatic rings. The Bertz CT molecular complexity index is 545. The van der Waals surface area contributed by atoms with Crippen molar-refractivity contribution in [3.63, 3.8) is 0 Å². The van der Waals surface area contributed by atoms with Gasteiger partial charge in [0.25, 0.3) is 0 Å². The highest BCUT2D eigenvalue weighted by molar-refractivity contribution is 7.15. The van der Waals surface area contributed by atoms with Crippen molar-refractivity contribution >= 4 is 27.8 Å². The van der Waals surface area contributed by atoms with E-state index in [0.717, 1.165) is 27.3 Å². The second-order valence-corrected chi connectivity index (χ2v) is 7.44. The quantitative estimate of drug-likeness (QED) is 0.906. The molecule has 0 aliphatic carbocycles. The molecule has 0 saturated heterocycles. The van der Waals surface area contributed by atoms with E-state index in [1.165, 1.54) is 4.88 Å². The summed E-state index contributed by atoms with van der Waals surface area (Å²) in [6.07, 6.45) is 0.992. The summed E-state index contributed by atoms with van der Waals surface area (Å²) in [5, 5.41) is 15.0. The number of hydrogen-bond donors (Lipinski definition) is 1. The Kier molecular flexibility index (Phi) is 4.52. The third-order valence-electron chi connectivity index (χ3n) is 2.72. The molecular weight excluding hydrogens is 276 g/mol. The lowest BCUT2D eigenvalue weighted by Crippen LogP contribution is -2.05. The molecule has 0 fully saturated rings. The van der Waals surface area contributed by atoms with Gasteiger partial charge in [0.05, 0.1) is 16.7 Å². The number of nitrogens with zero attached hydrogens (tertiary/aromatic N) is 3. The summed E-state index contributed by atoms with van der Waals surface area (Å²) in [5.74, 6) is 0.615. The van der Waals surface area contributed by atoms with E-state index in [9.17, 15) is 0 Å². The Morgan fingerprint density at radius 1 is 1.11 bits per heavy atom. The normalized spacial score (nSPS) is 12.9. The molecule has 0 amide bonds. The number of aromatic nitrogens is 3. The topological polar surface area (TPSA) is 50.7 Å².